The first-order chi connectivity index (χ1) is 7.24. The molecular weight excluding hydrogens is 188 g/mol. The van der Waals surface area contributed by atoms with E-state index < -0.39 is 0 Å². The minimum atomic E-state index is 0.785. The maximum absolute atomic E-state index is 5.26. The second-order valence-electron chi connectivity index (χ2n) is 3.55. The molecule has 1 rings (SSSR count). The Hall–Kier alpha value is -1.35. The monoisotopic (exact) mass is 206 g/mol. The van der Waals surface area contributed by atoms with Crippen LogP contribution in [-0.2, 0) is 0 Å². The summed E-state index contributed by atoms with van der Waals surface area (Å²) >= 11 is 0. The van der Waals surface area contributed by atoms with Gasteiger partial charge in [-0.25, -0.2) is 0 Å². The van der Waals surface area contributed by atoms with Gasteiger partial charge in [0.15, 0.2) is 0 Å². The van der Waals surface area contributed by atoms with Crippen molar-refractivity contribution in [2.45, 2.75) is 0 Å². The van der Waals surface area contributed by atoms with Gasteiger partial charge >= 0.3 is 0 Å². The molecule has 0 aliphatic rings. The lowest BCUT2D eigenvalue weighted by atomic mass is 10.4. The van der Waals surface area contributed by atoms with Crippen LogP contribution >= 0.6 is 0 Å². The summed E-state index contributed by atoms with van der Waals surface area (Å²) in [5, 5.41) is 0.907. The fraction of sp³-hybridized carbons (Fsp3) is 0.417. The molecule has 0 fully saturated rings. The largest absolute Gasteiger partial charge is 0.495 e. The summed E-state index contributed by atoms with van der Waals surface area (Å²) in [5.74, 6) is 0.818. The van der Waals surface area contributed by atoms with Crippen molar-refractivity contribution in [3.63, 3.8) is 0 Å². The van der Waals surface area contributed by atoms with Gasteiger partial charge in [-0.2, -0.15) is 0 Å². The molecule has 82 valence electrons. The highest BCUT2D eigenvalue weighted by Gasteiger charge is 1.92. The van der Waals surface area contributed by atoms with Crippen molar-refractivity contribution < 1.29 is 4.74 Å². The Balaban J connectivity index is 2.88. The Bertz CT molecular complexity index is 361. The molecule has 0 N–H and O–H groups in total. The van der Waals surface area contributed by atoms with Gasteiger partial charge in [-0.1, -0.05) is 18.2 Å². The number of hydrogen-bond donors (Lipinski definition) is 0. The average molecular weight is 206 g/mol. The highest BCUT2D eigenvalue weighted by atomic mass is 16.5. The van der Waals surface area contributed by atoms with Crippen LogP contribution in [0.25, 0.3) is 0 Å². The van der Waals surface area contributed by atoms with Crippen LogP contribution in [0.5, 0.6) is 5.75 Å². The molecule has 0 unspecified atom stereocenters. The number of ether oxygens (including phenoxy) is 1. The molecule has 0 aromatic heterocycles. The van der Waals surface area contributed by atoms with Crippen LogP contribution in [0.2, 0.25) is 0 Å². The highest BCUT2D eigenvalue weighted by Crippen LogP contribution is 1.98. The van der Waals surface area contributed by atoms with Gasteiger partial charge in [-0.3, -0.25) is 4.99 Å². The second kappa shape index (κ2) is 6.19. The van der Waals surface area contributed by atoms with Crippen molar-refractivity contribution in [3.8, 4) is 5.75 Å². The van der Waals surface area contributed by atoms with Crippen LogP contribution in [0.3, 0.4) is 0 Å². The molecule has 0 aliphatic carbocycles. The van der Waals surface area contributed by atoms with Crippen molar-refractivity contribution >= 4 is 0 Å². The van der Waals surface area contributed by atoms with Gasteiger partial charge in [-0.05, 0) is 26.2 Å². The van der Waals surface area contributed by atoms with E-state index in [1.165, 1.54) is 0 Å². The lowest BCUT2D eigenvalue weighted by Gasteiger charge is -2.05. The first-order valence-corrected chi connectivity index (χ1v) is 5.02. The van der Waals surface area contributed by atoms with Gasteiger partial charge in [0.1, 0.15) is 5.75 Å². The van der Waals surface area contributed by atoms with E-state index >= 15 is 0 Å². The molecule has 1 aromatic rings. The average Bonchev–Trinajstić information content (AvgIpc) is 2.42. The first kappa shape index (κ1) is 11.7. The summed E-state index contributed by atoms with van der Waals surface area (Å²) in [6.07, 6.45) is 0. The molecule has 15 heavy (non-hydrogen) atoms. The SMILES string of the molecule is COc1cccccc1=NCCN(C)C. The summed E-state index contributed by atoms with van der Waals surface area (Å²) in [7, 11) is 5.75. The zero-order valence-corrected chi connectivity index (χ0v) is 9.60. The smallest absolute Gasteiger partial charge is 0.144 e. The molecular formula is C12H18N2O. The molecule has 0 saturated carbocycles. The third kappa shape index (κ3) is 4.13. The van der Waals surface area contributed by atoms with E-state index in [2.05, 4.69) is 9.89 Å². The fourth-order valence-corrected chi connectivity index (χ4v) is 1.20. The Morgan fingerprint density at radius 1 is 1.20 bits per heavy atom. The number of likely N-dealkylation sites (N-methyl/N-ethyl adjacent to an activating group) is 1. The van der Waals surface area contributed by atoms with Crippen molar-refractivity contribution in [2.24, 2.45) is 4.99 Å². The standard InChI is InChI=1S/C12H18N2O/c1-14(2)10-9-13-11-7-5-4-6-8-12(11)15-3/h4-8H,9-10H2,1-3H3. The van der Waals surface area contributed by atoms with Crippen molar-refractivity contribution in [1.29, 1.82) is 0 Å². The molecule has 0 radical (unpaired) electrons. The predicted molar refractivity (Wildman–Crippen MR) is 62.0 cm³/mol. The normalized spacial score (nSPS) is 11.9. The highest BCUT2D eigenvalue weighted by molar-refractivity contribution is 5.19. The molecule has 0 bridgehead atoms. The lowest BCUT2D eigenvalue weighted by molar-refractivity contribution is 0.404. The molecule has 1 aromatic carbocycles. The van der Waals surface area contributed by atoms with Crippen molar-refractivity contribution in [2.75, 3.05) is 34.3 Å². The Labute approximate surface area is 91.0 Å². The van der Waals surface area contributed by atoms with Crippen LogP contribution in [0.15, 0.2) is 35.3 Å². The number of nitrogens with zero attached hydrogens (tertiary/aromatic N) is 2. The number of rotatable bonds is 4. The quantitative estimate of drug-likeness (QED) is 0.738. The van der Waals surface area contributed by atoms with E-state index in [0.29, 0.717) is 0 Å². The molecule has 3 nitrogen and oxygen atoms in total. The Morgan fingerprint density at radius 3 is 2.60 bits per heavy atom. The molecule has 0 spiro atoms. The van der Waals surface area contributed by atoms with Gasteiger partial charge in [-0.15, -0.1) is 0 Å². The van der Waals surface area contributed by atoms with E-state index in [1.807, 2.05) is 44.4 Å². The molecule has 3 heteroatoms. The zero-order valence-electron chi connectivity index (χ0n) is 9.60. The van der Waals surface area contributed by atoms with Crippen LogP contribution in [0.1, 0.15) is 0 Å². The fourth-order valence-electron chi connectivity index (χ4n) is 1.20. The number of methoxy groups -OCH3 is 1. The second-order valence-corrected chi connectivity index (χ2v) is 3.55. The molecule has 0 aliphatic heterocycles. The van der Waals surface area contributed by atoms with E-state index in [-0.39, 0.29) is 0 Å². The van der Waals surface area contributed by atoms with Crippen LogP contribution < -0.4 is 10.1 Å². The van der Waals surface area contributed by atoms with Crippen LogP contribution in [-0.4, -0.2) is 39.2 Å². The van der Waals surface area contributed by atoms with E-state index in [1.54, 1.807) is 7.11 Å². The van der Waals surface area contributed by atoms with Gasteiger partial charge in [0, 0.05) is 6.54 Å². The molecule has 0 saturated heterocycles. The summed E-state index contributed by atoms with van der Waals surface area (Å²) < 4.78 is 5.26. The molecule has 0 heterocycles. The van der Waals surface area contributed by atoms with Crippen LogP contribution in [0.4, 0.5) is 0 Å². The first-order valence-electron chi connectivity index (χ1n) is 5.02. The summed E-state index contributed by atoms with van der Waals surface area (Å²) in [5.41, 5.74) is 0. The maximum Gasteiger partial charge on any atom is 0.144 e. The summed E-state index contributed by atoms with van der Waals surface area (Å²) in [4.78, 5) is 6.60. The van der Waals surface area contributed by atoms with E-state index in [9.17, 15) is 0 Å². The minimum absolute atomic E-state index is 0.785. The van der Waals surface area contributed by atoms with Gasteiger partial charge in [0.05, 0.1) is 19.0 Å². The molecule has 0 atom stereocenters. The maximum atomic E-state index is 5.26. The zero-order chi connectivity index (χ0) is 11.1. The van der Waals surface area contributed by atoms with Crippen LogP contribution in [0, 0.1) is 0 Å². The summed E-state index contributed by atoms with van der Waals surface area (Å²) in [6, 6.07) is 9.78. The summed E-state index contributed by atoms with van der Waals surface area (Å²) in [6.45, 7) is 1.73. The van der Waals surface area contributed by atoms with Gasteiger partial charge in [0.2, 0.25) is 0 Å². The third-order valence-corrected chi connectivity index (χ3v) is 2.03. The Kier molecular flexibility index (Phi) is 4.84. The third-order valence-electron chi connectivity index (χ3n) is 2.03. The Morgan fingerprint density at radius 2 is 1.93 bits per heavy atom. The number of hydrogen-bond acceptors (Lipinski definition) is 3. The lowest BCUT2D eigenvalue weighted by Crippen LogP contribution is -2.17. The minimum Gasteiger partial charge on any atom is -0.495 e. The van der Waals surface area contributed by atoms with E-state index in [4.69, 9.17) is 4.74 Å². The predicted octanol–water partition coefficient (Wildman–Crippen LogP) is 1.16. The topological polar surface area (TPSA) is 24.8 Å². The van der Waals surface area contributed by atoms with E-state index in [0.717, 1.165) is 24.2 Å². The molecule has 0 amide bonds. The van der Waals surface area contributed by atoms with Crippen molar-refractivity contribution in [3.05, 3.63) is 35.7 Å². The van der Waals surface area contributed by atoms with Gasteiger partial charge < -0.3 is 9.64 Å². The van der Waals surface area contributed by atoms with Crippen molar-refractivity contribution in [1.82, 2.24) is 4.90 Å². The van der Waals surface area contributed by atoms with Gasteiger partial charge in [0.25, 0.3) is 0 Å².